The predicted octanol–water partition coefficient (Wildman–Crippen LogP) is 7.91. The minimum absolute atomic E-state index is 0.0233. The Balaban J connectivity index is 1.36. The number of benzene rings is 5. The molecule has 1 aromatic heterocycles. The van der Waals surface area contributed by atoms with E-state index in [1.165, 1.54) is 19.4 Å². The van der Waals surface area contributed by atoms with Gasteiger partial charge in [-0.2, -0.15) is 0 Å². The molecule has 5 aromatic carbocycles. The quantitative estimate of drug-likeness (QED) is 0.165. The van der Waals surface area contributed by atoms with Crippen LogP contribution in [0.25, 0.3) is 22.1 Å². The van der Waals surface area contributed by atoms with Crippen LogP contribution in [-0.4, -0.2) is 12.2 Å². The summed E-state index contributed by atoms with van der Waals surface area (Å²) < 4.78 is 29.8. The van der Waals surface area contributed by atoms with Crippen LogP contribution < -0.4 is 24.4 Å². The smallest absolute Gasteiger partial charge is 0.205 e. The van der Waals surface area contributed by atoms with Crippen molar-refractivity contribution in [2.75, 3.05) is 7.11 Å². The summed E-state index contributed by atoms with van der Waals surface area (Å²) in [7, 11) is 1.46. The Morgan fingerprint density at radius 2 is 1.18 bits per heavy atom. The Labute approximate surface area is 254 Å². The van der Waals surface area contributed by atoms with Crippen molar-refractivity contribution in [3.8, 4) is 39.9 Å². The molecular weight excluding hydrogens is 556 g/mol. The first kappa shape index (κ1) is 28.4. The van der Waals surface area contributed by atoms with Gasteiger partial charge in [-0.15, -0.1) is 0 Å². The lowest BCUT2D eigenvalue weighted by Crippen LogP contribution is -2.08. The van der Waals surface area contributed by atoms with Gasteiger partial charge in [-0.25, -0.2) is 0 Å². The van der Waals surface area contributed by atoms with Gasteiger partial charge >= 0.3 is 0 Å². The number of fused-ring (bicyclic) bond motifs is 1. The fourth-order valence-electron chi connectivity index (χ4n) is 4.87. The van der Waals surface area contributed by atoms with Crippen LogP contribution in [0.3, 0.4) is 0 Å². The molecule has 0 bridgehead atoms. The van der Waals surface area contributed by atoms with Crippen LogP contribution in [0.15, 0.2) is 131 Å². The van der Waals surface area contributed by atoms with Crippen LogP contribution in [0.5, 0.6) is 28.7 Å². The highest BCUT2D eigenvalue weighted by atomic mass is 16.5. The van der Waals surface area contributed by atoms with Gasteiger partial charge in [0.25, 0.3) is 0 Å². The van der Waals surface area contributed by atoms with E-state index in [1.807, 2.05) is 91.0 Å². The van der Waals surface area contributed by atoms with E-state index >= 15 is 0 Å². The summed E-state index contributed by atoms with van der Waals surface area (Å²) in [6.45, 7) is 0.889. The number of methoxy groups -OCH3 is 1. The molecule has 7 nitrogen and oxygen atoms in total. The zero-order valence-corrected chi connectivity index (χ0v) is 24.1. The first-order valence-electron chi connectivity index (χ1n) is 14.1. The van der Waals surface area contributed by atoms with Crippen molar-refractivity contribution in [3.63, 3.8) is 0 Å². The first-order valence-corrected chi connectivity index (χ1v) is 14.1. The summed E-state index contributed by atoms with van der Waals surface area (Å²) in [5.74, 6) is 1.19. The van der Waals surface area contributed by atoms with Crippen LogP contribution in [-0.2, 0) is 19.8 Å². The van der Waals surface area contributed by atoms with Gasteiger partial charge in [0.15, 0.2) is 11.3 Å². The van der Waals surface area contributed by atoms with Crippen LogP contribution in [0, 0.1) is 0 Å². The largest absolute Gasteiger partial charge is 0.507 e. The molecule has 0 atom stereocenters. The molecule has 0 fully saturated rings. The number of ether oxygens (including phenoxy) is 4. The highest BCUT2D eigenvalue weighted by molar-refractivity contribution is 5.93. The van der Waals surface area contributed by atoms with Crippen LogP contribution in [0.1, 0.15) is 16.7 Å². The summed E-state index contributed by atoms with van der Waals surface area (Å²) in [6.07, 6.45) is 1.35. The lowest BCUT2D eigenvalue weighted by atomic mass is 10.0. The van der Waals surface area contributed by atoms with Crippen molar-refractivity contribution in [1.29, 1.82) is 0 Å². The Morgan fingerprint density at radius 3 is 1.75 bits per heavy atom. The van der Waals surface area contributed by atoms with Gasteiger partial charge in [0.2, 0.25) is 11.2 Å². The molecule has 0 unspecified atom stereocenters. The number of aromatic hydroxyl groups is 1. The Morgan fingerprint density at radius 1 is 0.636 bits per heavy atom. The standard InChI is InChI=1S/C37H30O7/c1-40-36-33(43-23-27-15-9-4-10-16-27)20-31(38)34-35(39)30(24-44-37(34)36)29-18-17-28(41-21-25-11-5-2-6-12-25)19-32(29)42-22-26-13-7-3-8-14-26/h2-20,24,38H,21-23H2,1H3. The average molecular weight is 587 g/mol. The molecule has 1 heterocycles. The van der Waals surface area contributed by atoms with Gasteiger partial charge in [0, 0.05) is 17.7 Å². The number of phenolic OH excluding ortho intramolecular Hbond substituents is 1. The van der Waals surface area contributed by atoms with Crippen LogP contribution >= 0.6 is 0 Å². The highest BCUT2D eigenvalue weighted by Gasteiger charge is 2.23. The summed E-state index contributed by atoms with van der Waals surface area (Å²) in [5, 5.41) is 11.0. The maximum Gasteiger partial charge on any atom is 0.205 e. The van der Waals surface area contributed by atoms with Gasteiger partial charge in [-0.05, 0) is 28.8 Å². The summed E-state index contributed by atoms with van der Waals surface area (Å²) in [5.41, 5.74) is 3.26. The second-order valence-electron chi connectivity index (χ2n) is 10.1. The lowest BCUT2D eigenvalue weighted by Gasteiger charge is -2.16. The molecule has 6 rings (SSSR count). The molecule has 1 N–H and O–H groups in total. The number of hydrogen-bond donors (Lipinski definition) is 1. The van der Waals surface area contributed by atoms with Crippen molar-refractivity contribution in [2.24, 2.45) is 0 Å². The van der Waals surface area contributed by atoms with Crippen molar-refractivity contribution in [3.05, 3.63) is 148 Å². The third-order valence-electron chi connectivity index (χ3n) is 7.12. The molecule has 7 heteroatoms. The molecule has 220 valence electrons. The van der Waals surface area contributed by atoms with Gasteiger partial charge in [0.05, 0.1) is 12.7 Å². The van der Waals surface area contributed by atoms with E-state index in [9.17, 15) is 9.90 Å². The fourth-order valence-corrected chi connectivity index (χ4v) is 4.87. The van der Waals surface area contributed by atoms with Crippen molar-refractivity contribution < 1.29 is 28.5 Å². The molecule has 0 spiro atoms. The molecule has 0 aliphatic heterocycles. The number of hydrogen-bond acceptors (Lipinski definition) is 7. The minimum Gasteiger partial charge on any atom is -0.507 e. The molecule has 0 saturated carbocycles. The molecule has 0 aliphatic rings. The van der Waals surface area contributed by atoms with Gasteiger partial charge < -0.3 is 28.5 Å². The fraction of sp³-hybridized carbons (Fsp3) is 0.108. The maximum atomic E-state index is 13.9. The minimum atomic E-state index is -0.445. The van der Waals surface area contributed by atoms with Crippen LogP contribution in [0.4, 0.5) is 0 Å². The van der Waals surface area contributed by atoms with Gasteiger partial charge in [-0.3, -0.25) is 4.79 Å². The zero-order valence-electron chi connectivity index (χ0n) is 24.1. The van der Waals surface area contributed by atoms with E-state index in [2.05, 4.69) is 0 Å². The second-order valence-corrected chi connectivity index (χ2v) is 10.1. The molecule has 6 aromatic rings. The van der Waals surface area contributed by atoms with Crippen molar-refractivity contribution in [1.82, 2.24) is 0 Å². The van der Waals surface area contributed by atoms with Crippen molar-refractivity contribution in [2.45, 2.75) is 19.8 Å². The molecule has 0 radical (unpaired) electrons. The molecule has 0 saturated heterocycles. The Kier molecular flexibility index (Phi) is 8.46. The lowest BCUT2D eigenvalue weighted by molar-refractivity contribution is 0.282. The normalized spacial score (nSPS) is 10.8. The van der Waals surface area contributed by atoms with E-state index in [0.29, 0.717) is 23.7 Å². The van der Waals surface area contributed by atoms with Crippen LogP contribution in [0.2, 0.25) is 0 Å². The Hall–Kier alpha value is -5.69. The van der Waals surface area contributed by atoms with E-state index < -0.39 is 5.43 Å². The van der Waals surface area contributed by atoms with E-state index in [0.717, 1.165) is 16.7 Å². The highest BCUT2D eigenvalue weighted by Crippen LogP contribution is 2.42. The average Bonchev–Trinajstić information content (AvgIpc) is 3.07. The summed E-state index contributed by atoms with van der Waals surface area (Å²) in [4.78, 5) is 13.9. The van der Waals surface area contributed by atoms with Gasteiger partial charge in [0.1, 0.15) is 48.7 Å². The summed E-state index contributed by atoms with van der Waals surface area (Å²) in [6, 6.07) is 35.8. The van der Waals surface area contributed by atoms with Crippen molar-refractivity contribution >= 4 is 11.0 Å². The third kappa shape index (κ3) is 6.22. The second kappa shape index (κ2) is 13.1. The SMILES string of the molecule is COc1c(OCc2ccccc2)cc(O)c2c(=O)c(-c3ccc(OCc4ccccc4)cc3OCc3ccccc3)coc12. The predicted molar refractivity (Wildman–Crippen MR) is 168 cm³/mol. The molecule has 0 amide bonds. The van der Waals surface area contributed by atoms with E-state index in [4.69, 9.17) is 23.4 Å². The third-order valence-corrected chi connectivity index (χ3v) is 7.12. The van der Waals surface area contributed by atoms with E-state index in [1.54, 1.807) is 18.2 Å². The zero-order chi connectivity index (χ0) is 30.3. The molecular formula is C37H30O7. The van der Waals surface area contributed by atoms with Gasteiger partial charge in [-0.1, -0.05) is 91.0 Å². The topological polar surface area (TPSA) is 87.4 Å². The number of rotatable bonds is 11. The first-order chi connectivity index (χ1) is 21.6. The maximum absolute atomic E-state index is 13.9. The van der Waals surface area contributed by atoms with E-state index in [-0.39, 0.29) is 47.0 Å². The monoisotopic (exact) mass is 586 g/mol. The molecule has 44 heavy (non-hydrogen) atoms. The molecule has 0 aliphatic carbocycles. The Bertz CT molecular complexity index is 1920. The summed E-state index contributed by atoms with van der Waals surface area (Å²) >= 11 is 0. The number of phenols is 1.